The van der Waals surface area contributed by atoms with E-state index in [1.165, 1.54) is 15.3 Å². The molecule has 4 N–H and O–H groups in total. The van der Waals surface area contributed by atoms with Gasteiger partial charge in [0.15, 0.2) is 0 Å². The first-order valence-electron chi connectivity index (χ1n) is 2.85. The molecule has 0 aromatic rings. The zero-order valence-corrected chi connectivity index (χ0v) is 9.76. The molecule has 0 aromatic carbocycles. The number of alkyl halides is 2. The van der Waals surface area contributed by atoms with Crippen molar-refractivity contribution in [1.29, 1.82) is 0 Å². The van der Waals surface area contributed by atoms with Gasteiger partial charge in [0.25, 0.3) is 0 Å². The van der Waals surface area contributed by atoms with E-state index in [9.17, 15) is 0 Å². The van der Waals surface area contributed by atoms with Crippen molar-refractivity contribution >= 4 is 45.2 Å². The Hall–Kier alpha value is 1.38. The summed E-state index contributed by atoms with van der Waals surface area (Å²) < 4.78 is 2.61. The molecule has 0 aliphatic rings. The molecule has 4 heteroatoms. The smallest absolute Gasteiger partial charge is 0.00461 e. The van der Waals surface area contributed by atoms with Crippen LogP contribution in [0.3, 0.4) is 0 Å². The predicted octanol–water partition coefficient (Wildman–Crippen LogP) is 1.15. The van der Waals surface area contributed by atoms with Crippen LogP contribution in [0, 0.1) is 0 Å². The highest BCUT2D eigenvalue weighted by Gasteiger charge is 1.71. The second-order valence-corrected chi connectivity index (χ2v) is 3.47. The van der Waals surface area contributed by atoms with Gasteiger partial charge < -0.3 is 11.5 Å². The Morgan fingerprint density at radius 2 is 1.22 bits per heavy atom. The lowest BCUT2D eigenvalue weighted by atomic mass is 10.6. The van der Waals surface area contributed by atoms with E-state index in [1.54, 1.807) is 0 Å². The largest absolute Gasteiger partial charge is 0.329 e. The third kappa shape index (κ3) is 26.6. The van der Waals surface area contributed by atoms with Crippen LogP contribution in [0.5, 0.6) is 0 Å². The van der Waals surface area contributed by atoms with Gasteiger partial charge in [-0.3, -0.25) is 0 Å². The summed E-state index contributed by atoms with van der Waals surface area (Å²) in [6.07, 6.45) is 1.36. The molecule has 0 fully saturated rings. The Morgan fingerprint density at radius 3 is 1.22 bits per heavy atom. The highest BCUT2D eigenvalue weighted by molar-refractivity contribution is 14.1. The quantitative estimate of drug-likeness (QED) is 0.589. The van der Waals surface area contributed by atoms with Crippen LogP contribution < -0.4 is 11.5 Å². The summed E-state index contributed by atoms with van der Waals surface area (Å²) in [5.41, 5.74) is 9.81. The maximum atomic E-state index is 4.90. The van der Waals surface area contributed by atoms with Crippen LogP contribution >= 0.6 is 45.2 Å². The molecule has 0 atom stereocenters. The van der Waals surface area contributed by atoms with Gasteiger partial charge in [-0.2, -0.15) is 0 Å². The summed E-state index contributed by atoms with van der Waals surface area (Å²) in [4.78, 5) is 0. The lowest BCUT2D eigenvalue weighted by Crippen LogP contribution is -2.11. The normalized spacial score (nSPS) is 8.00. The standard InChI is InChI=1S/C3H6I2.C2H8N2/c4-2-1-3-5;3-1-2-4/h1-3H2;1-4H2. The Kier molecular flexibility index (Phi) is 23.4. The lowest BCUT2D eigenvalue weighted by Gasteiger charge is -1.76. The van der Waals surface area contributed by atoms with Gasteiger partial charge in [0, 0.05) is 21.9 Å². The van der Waals surface area contributed by atoms with E-state index in [0.29, 0.717) is 13.1 Å². The van der Waals surface area contributed by atoms with Crippen LogP contribution in [0.1, 0.15) is 6.42 Å². The topological polar surface area (TPSA) is 52.0 Å². The number of hydrogen-bond acceptors (Lipinski definition) is 2. The van der Waals surface area contributed by atoms with Crippen molar-refractivity contribution in [3.8, 4) is 0 Å². The monoisotopic (exact) mass is 356 g/mol. The van der Waals surface area contributed by atoms with Crippen molar-refractivity contribution in [3.05, 3.63) is 0 Å². The number of rotatable bonds is 3. The minimum atomic E-state index is 0.597. The SMILES string of the molecule is ICCCI.NCCN. The van der Waals surface area contributed by atoms with Gasteiger partial charge in [-0.25, -0.2) is 0 Å². The van der Waals surface area contributed by atoms with E-state index in [4.69, 9.17) is 11.5 Å². The molecule has 0 saturated carbocycles. The van der Waals surface area contributed by atoms with Crippen LogP contribution in [0.4, 0.5) is 0 Å². The predicted molar refractivity (Wildman–Crippen MR) is 60.5 cm³/mol. The lowest BCUT2D eigenvalue weighted by molar-refractivity contribution is 0.976. The molecule has 0 aliphatic carbocycles. The van der Waals surface area contributed by atoms with Gasteiger partial charge in [-0.05, 0) is 6.42 Å². The van der Waals surface area contributed by atoms with Crippen molar-refractivity contribution in [3.63, 3.8) is 0 Å². The molecular formula is C5H14I2N2. The fourth-order valence-corrected chi connectivity index (χ4v) is 2.27. The fourth-order valence-electron chi connectivity index (χ4n) is 0.0505. The molecular weight excluding hydrogens is 342 g/mol. The third-order valence-corrected chi connectivity index (χ3v) is 1.96. The van der Waals surface area contributed by atoms with Crippen LogP contribution in [0.15, 0.2) is 0 Å². The molecule has 0 saturated heterocycles. The summed E-state index contributed by atoms with van der Waals surface area (Å²) in [5, 5.41) is 0. The highest BCUT2D eigenvalue weighted by atomic mass is 127. The van der Waals surface area contributed by atoms with Crippen molar-refractivity contribution in [2.75, 3.05) is 21.9 Å². The Balaban J connectivity index is 0. The van der Waals surface area contributed by atoms with Crippen LogP contribution in [-0.2, 0) is 0 Å². The van der Waals surface area contributed by atoms with Gasteiger partial charge in [0.1, 0.15) is 0 Å². The Bertz CT molecular complexity index is 32.1. The maximum Gasteiger partial charge on any atom is 0.00461 e. The van der Waals surface area contributed by atoms with Gasteiger partial charge in [0.05, 0.1) is 0 Å². The summed E-state index contributed by atoms with van der Waals surface area (Å²) >= 11 is 4.77. The van der Waals surface area contributed by atoms with E-state index in [1.807, 2.05) is 0 Å². The summed E-state index contributed by atoms with van der Waals surface area (Å²) in [7, 11) is 0. The average Bonchev–Trinajstić information content (AvgIpc) is 1.91. The van der Waals surface area contributed by atoms with E-state index < -0.39 is 0 Å². The molecule has 0 rings (SSSR count). The third-order valence-electron chi connectivity index (χ3n) is 0.434. The number of halogens is 2. The maximum absolute atomic E-state index is 4.90. The number of nitrogens with two attached hydrogens (primary N) is 2. The molecule has 0 amide bonds. The number of hydrogen-bond donors (Lipinski definition) is 2. The van der Waals surface area contributed by atoms with Gasteiger partial charge in [-0.15, -0.1) is 0 Å². The first-order valence-corrected chi connectivity index (χ1v) is 5.90. The van der Waals surface area contributed by atoms with E-state index in [0.717, 1.165) is 0 Å². The molecule has 9 heavy (non-hydrogen) atoms. The van der Waals surface area contributed by atoms with Crippen LogP contribution in [-0.4, -0.2) is 21.9 Å². The van der Waals surface area contributed by atoms with Crippen molar-refractivity contribution < 1.29 is 0 Å². The van der Waals surface area contributed by atoms with Crippen molar-refractivity contribution in [1.82, 2.24) is 0 Å². The van der Waals surface area contributed by atoms with E-state index in [-0.39, 0.29) is 0 Å². The molecule has 0 aliphatic heterocycles. The molecule has 0 radical (unpaired) electrons. The molecule has 0 bridgehead atoms. The first kappa shape index (κ1) is 13.0. The fraction of sp³-hybridized carbons (Fsp3) is 1.00. The second kappa shape index (κ2) is 16.2. The molecule has 0 unspecified atom stereocenters. The minimum Gasteiger partial charge on any atom is -0.329 e. The molecule has 0 spiro atoms. The average molecular weight is 356 g/mol. The summed E-state index contributed by atoms with van der Waals surface area (Å²) in [6, 6.07) is 0. The Labute approximate surface area is 84.4 Å². The Morgan fingerprint density at radius 1 is 0.889 bits per heavy atom. The van der Waals surface area contributed by atoms with Crippen molar-refractivity contribution in [2.45, 2.75) is 6.42 Å². The zero-order chi connectivity index (χ0) is 7.54. The van der Waals surface area contributed by atoms with E-state index in [2.05, 4.69) is 45.2 Å². The van der Waals surface area contributed by atoms with Gasteiger partial charge in [-0.1, -0.05) is 45.2 Å². The zero-order valence-electron chi connectivity index (χ0n) is 5.45. The van der Waals surface area contributed by atoms with Crippen molar-refractivity contribution in [2.24, 2.45) is 11.5 Å². The molecule has 58 valence electrons. The summed E-state index contributed by atoms with van der Waals surface area (Å²) in [5.74, 6) is 0. The van der Waals surface area contributed by atoms with Gasteiger partial charge >= 0.3 is 0 Å². The highest BCUT2D eigenvalue weighted by Crippen LogP contribution is 1.91. The molecule has 2 nitrogen and oxygen atoms in total. The molecule has 0 aromatic heterocycles. The van der Waals surface area contributed by atoms with E-state index >= 15 is 0 Å². The van der Waals surface area contributed by atoms with Crippen LogP contribution in [0.25, 0.3) is 0 Å². The molecule has 0 heterocycles. The second-order valence-electron chi connectivity index (χ2n) is 1.31. The van der Waals surface area contributed by atoms with Crippen LogP contribution in [0.2, 0.25) is 0 Å². The minimum absolute atomic E-state index is 0.597. The summed E-state index contributed by atoms with van der Waals surface area (Å²) in [6.45, 7) is 1.19. The van der Waals surface area contributed by atoms with Gasteiger partial charge in [0.2, 0.25) is 0 Å². The first-order chi connectivity index (χ1) is 4.33.